The molecule has 2 aliphatic rings. The number of benzene rings is 2. The van der Waals surface area contributed by atoms with Crippen molar-refractivity contribution in [1.29, 1.82) is 0 Å². The molecule has 2 aromatic heterocycles. The Bertz CT molecular complexity index is 2060. The number of nitrogens with zero attached hydrogens (tertiary/aromatic N) is 3. The van der Waals surface area contributed by atoms with Crippen molar-refractivity contribution in [2.24, 2.45) is 0 Å². The van der Waals surface area contributed by atoms with E-state index in [0.717, 1.165) is 37.8 Å². The summed E-state index contributed by atoms with van der Waals surface area (Å²) in [5, 5.41) is 0.689. The number of aryl methyl sites for hydroxylation is 4. The molecule has 0 unspecified atom stereocenters. The minimum absolute atomic E-state index is 0.110. The first kappa shape index (κ1) is 39.4. The number of carbonyl (C=O) groups excluding carboxylic acids is 2. The second-order valence-corrected chi connectivity index (χ2v) is 16.2. The van der Waals surface area contributed by atoms with E-state index in [1.165, 1.54) is 72.1 Å². The average molecular weight is 802 g/mol. The van der Waals surface area contributed by atoms with Crippen LogP contribution in [0.2, 0.25) is 0 Å². The number of hydrogen-bond donors (Lipinski definition) is 1. The molecule has 12 nitrogen and oxygen atoms in total. The van der Waals surface area contributed by atoms with Crippen molar-refractivity contribution in [2.75, 3.05) is 35.8 Å². The number of methoxy groups -OCH3 is 2. The van der Waals surface area contributed by atoms with Gasteiger partial charge in [-0.25, -0.2) is 26.4 Å². The second kappa shape index (κ2) is 17.7. The monoisotopic (exact) mass is 800 g/mol. The van der Waals surface area contributed by atoms with Gasteiger partial charge in [-0.2, -0.15) is 0 Å². The highest BCUT2D eigenvalue weighted by Gasteiger charge is 2.21. The predicted octanol–water partition coefficient (Wildman–Crippen LogP) is 5.63. The molecule has 0 atom stereocenters. The van der Waals surface area contributed by atoms with Crippen LogP contribution >= 0.6 is 15.9 Å². The lowest BCUT2D eigenvalue weighted by Crippen LogP contribution is -2.29. The number of ether oxygens (including phenoxy) is 2. The number of sulfonamides is 2. The number of aromatic nitrogens is 2. The Morgan fingerprint density at radius 3 is 1.71 bits per heavy atom. The molecule has 0 spiro atoms. The minimum Gasteiger partial charge on any atom is -0.465 e. The fourth-order valence-corrected chi connectivity index (χ4v) is 7.36. The largest absolute Gasteiger partial charge is 0.465 e. The lowest BCUT2D eigenvalue weighted by Gasteiger charge is -2.23. The molecule has 0 saturated heterocycles. The van der Waals surface area contributed by atoms with Gasteiger partial charge in [-0.15, -0.1) is 0 Å². The Labute approximate surface area is 307 Å². The van der Waals surface area contributed by atoms with Gasteiger partial charge < -0.3 is 9.47 Å². The number of rotatable bonds is 9. The van der Waals surface area contributed by atoms with E-state index in [2.05, 4.69) is 40.1 Å². The Morgan fingerprint density at radius 1 is 0.725 bits per heavy atom. The standard InChI is InChI=1S/C18H20N2O4S.C10H13NO2S.C8H8BrNO2/c1-24-18(21)15-6-8-16(19-11-15)12-20(25(2,22)23)17-9-7-13-4-3-5-14(13)10-17;1-14(12,13)11-10-6-5-8-3-2-4-9(8)7-10;1-12-8(11)6-2-3-7(4-9)10-5-6/h6-11H,3-5,12H2,1-2H3;5-7,11H,2-4H2,1H3;2-3,5H,4H2,1H3. The van der Waals surface area contributed by atoms with Crippen LogP contribution in [0.1, 0.15) is 67.2 Å². The molecular weight excluding hydrogens is 760 g/mol. The van der Waals surface area contributed by atoms with Crippen LogP contribution in [0.15, 0.2) is 73.1 Å². The molecule has 2 heterocycles. The van der Waals surface area contributed by atoms with E-state index in [4.69, 9.17) is 0 Å². The number of esters is 2. The van der Waals surface area contributed by atoms with Crippen molar-refractivity contribution in [1.82, 2.24) is 9.97 Å². The quantitative estimate of drug-likeness (QED) is 0.166. The molecule has 0 bridgehead atoms. The molecule has 0 radical (unpaired) electrons. The summed E-state index contributed by atoms with van der Waals surface area (Å²) in [6.45, 7) is 0.110. The Morgan fingerprint density at radius 2 is 1.24 bits per heavy atom. The Balaban J connectivity index is 0.000000189. The maximum atomic E-state index is 12.3. The van der Waals surface area contributed by atoms with Gasteiger partial charge in [-0.3, -0.25) is 19.0 Å². The third kappa shape index (κ3) is 11.6. The zero-order chi connectivity index (χ0) is 37.2. The van der Waals surface area contributed by atoms with Crippen LogP contribution in [-0.2, 0) is 67.1 Å². The van der Waals surface area contributed by atoms with Crippen molar-refractivity contribution in [3.63, 3.8) is 0 Å². The van der Waals surface area contributed by atoms with Crippen LogP contribution in [0, 0.1) is 0 Å². The third-order valence-electron chi connectivity index (χ3n) is 8.11. The van der Waals surface area contributed by atoms with Crippen molar-refractivity contribution < 1.29 is 35.9 Å². The smallest absolute Gasteiger partial charge is 0.339 e. The predicted molar refractivity (Wildman–Crippen MR) is 200 cm³/mol. The molecule has 0 saturated carbocycles. The van der Waals surface area contributed by atoms with Gasteiger partial charge in [-0.1, -0.05) is 28.1 Å². The molecule has 272 valence electrons. The van der Waals surface area contributed by atoms with Gasteiger partial charge in [0.15, 0.2) is 0 Å². The highest BCUT2D eigenvalue weighted by Crippen LogP contribution is 2.29. The van der Waals surface area contributed by atoms with E-state index in [0.29, 0.717) is 33.5 Å². The molecule has 0 aliphatic heterocycles. The topological polar surface area (TPSA) is 162 Å². The Hall–Kier alpha value is -4.34. The summed E-state index contributed by atoms with van der Waals surface area (Å²) in [4.78, 5) is 30.6. The lowest BCUT2D eigenvalue weighted by molar-refractivity contribution is 0.0591. The minimum atomic E-state index is -3.46. The molecule has 15 heteroatoms. The number of hydrogen-bond acceptors (Lipinski definition) is 10. The van der Waals surface area contributed by atoms with E-state index < -0.39 is 26.0 Å². The normalized spacial score (nSPS) is 13.0. The van der Waals surface area contributed by atoms with Gasteiger partial charge in [0.25, 0.3) is 0 Å². The molecular formula is C36H41BrN4O8S2. The van der Waals surface area contributed by atoms with Crippen LogP contribution in [0.4, 0.5) is 11.4 Å². The number of nitrogens with one attached hydrogen (secondary N) is 1. The van der Waals surface area contributed by atoms with Gasteiger partial charge in [0.05, 0.1) is 61.5 Å². The van der Waals surface area contributed by atoms with Crippen LogP contribution in [0.5, 0.6) is 0 Å². The van der Waals surface area contributed by atoms with E-state index in [9.17, 15) is 26.4 Å². The number of pyridine rings is 2. The third-order valence-corrected chi connectivity index (χ3v) is 10.4. The SMILES string of the molecule is COC(=O)c1ccc(CBr)nc1.COC(=O)c1ccc(CN(c2ccc3c(c2)CCC3)S(C)(=O)=O)nc1.CS(=O)(=O)Nc1ccc2c(c1)CCC2. The molecule has 0 fully saturated rings. The Kier molecular flexibility index (Phi) is 13.7. The lowest BCUT2D eigenvalue weighted by atomic mass is 10.1. The van der Waals surface area contributed by atoms with Crippen LogP contribution < -0.4 is 9.03 Å². The summed E-state index contributed by atoms with van der Waals surface area (Å²) < 4.78 is 59.5. The van der Waals surface area contributed by atoms with Gasteiger partial charge in [0.2, 0.25) is 20.0 Å². The van der Waals surface area contributed by atoms with Gasteiger partial charge in [-0.05, 0) is 109 Å². The number of anilines is 2. The number of alkyl halides is 1. The average Bonchev–Trinajstić information content (AvgIpc) is 3.79. The van der Waals surface area contributed by atoms with Gasteiger partial charge >= 0.3 is 11.9 Å². The summed E-state index contributed by atoms with van der Waals surface area (Å²) in [7, 11) is -3.96. The molecule has 51 heavy (non-hydrogen) atoms. The fraction of sp³-hybridized carbons (Fsp3) is 0.333. The molecule has 4 aromatic rings. The van der Waals surface area contributed by atoms with Crippen LogP contribution in [0.3, 0.4) is 0 Å². The molecule has 1 N–H and O–H groups in total. The van der Waals surface area contributed by atoms with E-state index >= 15 is 0 Å². The van der Waals surface area contributed by atoms with Crippen LogP contribution in [-0.4, -0.2) is 65.5 Å². The van der Waals surface area contributed by atoms with Crippen molar-refractivity contribution >= 4 is 59.3 Å². The van der Waals surface area contributed by atoms with Gasteiger partial charge in [0, 0.05) is 23.4 Å². The second-order valence-electron chi connectivity index (χ2n) is 12.0. The number of carbonyl (C=O) groups is 2. The zero-order valence-corrected chi connectivity index (χ0v) is 32.1. The molecule has 2 aromatic carbocycles. The zero-order valence-electron chi connectivity index (χ0n) is 28.9. The maximum Gasteiger partial charge on any atom is 0.339 e. The first-order valence-corrected chi connectivity index (χ1v) is 20.9. The first-order valence-electron chi connectivity index (χ1n) is 16.0. The number of halogens is 1. The van der Waals surface area contributed by atoms with E-state index in [1.54, 1.807) is 24.3 Å². The van der Waals surface area contributed by atoms with Crippen molar-refractivity contribution in [2.45, 2.75) is 50.4 Å². The summed E-state index contributed by atoms with van der Waals surface area (Å²) in [5.74, 6) is -0.832. The maximum absolute atomic E-state index is 12.3. The summed E-state index contributed by atoms with van der Waals surface area (Å²) >= 11 is 3.26. The summed E-state index contributed by atoms with van der Waals surface area (Å²) in [5.41, 5.74) is 8.69. The van der Waals surface area contributed by atoms with Crippen LogP contribution in [0.25, 0.3) is 0 Å². The van der Waals surface area contributed by atoms with Crippen molar-refractivity contribution in [3.05, 3.63) is 118 Å². The highest BCUT2D eigenvalue weighted by molar-refractivity contribution is 9.08. The highest BCUT2D eigenvalue weighted by atomic mass is 79.9. The fourth-order valence-electron chi connectivity index (χ4n) is 5.61. The van der Waals surface area contributed by atoms with Crippen molar-refractivity contribution in [3.8, 4) is 0 Å². The molecule has 6 rings (SSSR count). The first-order chi connectivity index (χ1) is 24.2. The van der Waals surface area contributed by atoms with Gasteiger partial charge in [0.1, 0.15) is 0 Å². The molecule has 2 aliphatic carbocycles. The summed E-state index contributed by atoms with van der Waals surface area (Å²) in [6.07, 6.45) is 11.7. The van der Waals surface area contributed by atoms with E-state index in [1.807, 2.05) is 36.4 Å². The van der Waals surface area contributed by atoms with E-state index in [-0.39, 0.29) is 12.5 Å². The number of fused-ring (bicyclic) bond motifs is 2. The molecule has 0 amide bonds. The summed E-state index contributed by atoms with van der Waals surface area (Å²) in [6, 6.07) is 18.2.